The summed E-state index contributed by atoms with van der Waals surface area (Å²) >= 11 is 1.73. The molecule has 10 nitrogen and oxygen atoms in total. The van der Waals surface area contributed by atoms with Crippen LogP contribution >= 0.6 is 11.3 Å². The molecule has 1 saturated heterocycles. The Hall–Kier alpha value is -5.07. The van der Waals surface area contributed by atoms with Gasteiger partial charge in [-0.25, -0.2) is 9.18 Å². The van der Waals surface area contributed by atoms with E-state index in [0.29, 0.717) is 23.4 Å². The Bertz CT molecular complexity index is 2230. The molecule has 12 heteroatoms. The molecular formula is C39H44FN8O2S+. The first-order valence-electron chi connectivity index (χ1n) is 17.6. The number of rotatable bonds is 12. The standard InChI is InChI=1S/C39H43FN8O2S/c1-5-46(6-2)31-12-9-27-20-28(39(49)50-38(27)22-31)10-11-30-21-37(47-17-15-44(3)16-18-47)33-23-34(40)35(24-36(33)45(30)4)41-25-29-26-48(43-42-29)14-13-32-8-7-19-51-32/h7-12,19-24,26H,5-6,13-18,25H2,1-4H3/p+1/b11-10+. The Morgan fingerprint density at radius 1 is 1.06 bits per heavy atom. The summed E-state index contributed by atoms with van der Waals surface area (Å²) in [7, 11) is 4.09. The van der Waals surface area contributed by atoms with Gasteiger partial charge >= 0.3 is 5.63 Å². The first-order chi connectivity index (χ1) is 24.8. The molecule has 1 aliphatic rings. The van der Waals surface area contributed by atoms with Crippen molar-refractivity contribution in [3.63, 3.8) is 0 Å². The molecule has 1 aliphatic heterocycles. The molecule has 5 heterocycles. The third kappa shape index (κ3) is 7.52. The lowest BCUT2D eigenvalue weighted by molar-refractivity contribution is -0.646. The molecule has 1 N–H and O–H groups in total. The summed E-state index contributed by atoms with van der Waals surface area (Å²) in [6.07, 6.45) is 6.54. The number of fused-ring (bicyclic) bond motifs is 2. The zero-order valence-corrected chi connectivity index (χ0v) is 30.4. The minimum atomic E-state index is -0.393. The van der Waals surface area contributed by atoms with Crippen LogP contribution in [-0.2, 0) is 26.6 Å². The van der Waals surface area contributed by atoms with Crippen LogP contribution in [0.5, 0.6) is 0 Å². The van der Waals surface area contributed by atoms with Gasteiger partial charge in [0.1, 0.15) is 24.1 Å². The van der Waals surface area contributed by atoms with E-state index in [1.807, 2.05) is 65.0 Å². The molecular weight excluding hydrogens is 664 g/mol. The lowest BCUT2D eigenvalue weighted by atomic mass is 10.1. The van der Waals surface area contributed by atoms with Crippen LogP contribution in [0, 0.1) is 5.82 Å². The lowest BCUT2D eigenvalue weighted by Crippen LogP contribution is -2.45. The van der Waals surface area contributed by atoms with Crippen LogP contribution < -0.4 is 25.3 Å². The van der Waals surface area contributed by atoms with E-state index in [9.17, 15) is 4.79 Å². The second-order valence-corrected chi connectivity index (χ2v) is 14.1. The zero-order valence-electron chi connectivity index (χ0n) is 29.6. The largest absolute Gasteiger partial charge is 0.422 e. The molecule has 2 aromatic carbocycles. The number of benzene rings is 2. The van der Waals surface area contributed by atoms with Gasteiger partial charge in [0.25, 0.3) is 0 Å². The van der Waals surface area contributed by atoms with Gasteiger partial charge in [-0.3, -0.25) is 4.68 Å². The highest BCUT2D eigenvalue weighted by molar-refractivity contribution is 7.09. The fourth-order valence-electron chi connectivity index (χ4n) is 6.69. The zero-order chi connectivity index (χ0) is 35.5. The van der Waals surface area contributed by atoms with Crippen LogP contribution in [-0.4, -0.2) is 66.2 Å². The maximum Gasteiger partial charge on any atom is 0.343 e. The molecule has 0 spiro atoms. The average molecular weight is 708 g/mol. The van der Waals surface area contributed by atoms with Gasteiger partial charge in [-0.05, 0) is 62.7 Å². The predicted octanol–water partition coefficient (Wildman–Crippen LogP) is 6.19. The van der Waals surface area contributed by atoms with E-state index in [-0.39, 0.29) is 5.82 Å². The fourth-order valence-corrected chi connectivity index (χ4v) is 7.39. The van der Waals surface area contributed by atoms with Crippen molar-refractivity contribution in [1.29, 1.82) is 0 Å². The summed E-state index contributed by atoms with van der Waals surface area (Å²) in [6, 6.07) is 17.6. The van der Waals surface area contributed by atoms with Crippen LogP contribution in [0.15, 0.2) is 75.4 Å². The van der Waals surface area contributed by atoms with Crippen LogP contribution in [0.2, 0.25) is 0 Å². The maximum absolute atomic E-state index is 15.8. The monoisotopic (exact) mass is 707 g/mol. The van der Waals surface area contributed by atoms with Crippen LogP contribution in [0.1, 0.15) is 35.7 Å². The normalized spacial score (nSPS) is 13.9. The van der Waals surface area contributed by atoms with Crippen molar-refractivity contribution in [2.24, 2.45) is 7.05 Å². The van der Waals surface area contributed by atoms with Gasteiger partial charge < -0.3 is 24.4 Å². The summed E-state index contributed by atoms with van der Waals surface area (Å²) in [5.74, 6) is -0.329. The van der Waals surface area contributed by atoms with Gasteiger partial charge in [-0.15, -0.1) is 16.4 Å². The smallest absolute Gasteiger partial charge is 0.343 e. The van der Waals surface area contributed by atoms with Crippen molar-refractivity contribution in [1.82, 2.24) is 19.9 Å². The average Bonchev–Trinajstić information content (AvgIpc) is 3.83. The number of hydrogen-bond acceptors (Lipinski definition) is 9. The predicted molar refractivity (Wildman–Crippen MR) is 205 cm³/mol. The molecule has 6 aromatic rings. The molecule has 0 amide bonds. The van der Waals surface area contributed by atoms with E-state index in [1.165, 1.54) is 4.88 Å². The molecule has 264 valence electrons. The van der Waals surface area contributed by atoms with Gasteiger partial charge in [-0.2, -0.15) is 4.57 Å². The number of hydrogen-bond donors (Lipinski definition) is 1. The van der Waals surface area contributed by atoms with Gasteiger partial charge in [0, 0.05) is 92.5 Å². The van der Waals surface area contributed by atoms with Gasteiger partial charge in [0.2, 0.25) is 11.2 Å². The van der Waals surface area contributed by atoms with E-state index >= 15 is 4.39 Å². The molecule has 4 aromatic heterocycles. The molecule has 51 heavy (non-hydrogen) atoms. The molecule has 0 unspecified atom stereocenters. The third-order valence-corrected chi connectivity index (χ3v) is 10.7. The number of nitrogens with zero attached hydrogens (tertiary/aromatic N) is 7. The maximum atomic E-state index is 15.8. The van der Waals surface area contributed by atoms with E-state index < -0.39 is 5.63 Å². The quantitative estimate of drug-likeness (QED) is 0.119. The second-order valence-electron chi connectivity index (χ2n) is 13.0. The van der Waals surface area contributed by atoms with Crippen molar-refractivity contribution >= 4 is 62.4 Å². The lowest BCUT2D eigenvalue weighted by Gasteiger charge is -2.34. The number of halogens is 1. The molecule has 7 rings (SSSR count). The van der Waals surface area contributed by atoms with Crippen molar-refractivity contribution in [2.75, 3.05) is 61.4 Å². The van der Waals surface area contributed by atoms with Gasteiger partial charge in [0.15, 0.2) is 0 Å². The second kappa shape index (κ2) is 15.0. The van der Waals surface area contributed by atoms with Gasteiger partial charge in [0.05, 0.1) is 35.1 Å². The van der Waals surface area contributed by atoms with E-state index in [1.54, 1.807) is 17.4 Å². The summed E-state index contributed by atoms with van der Waals surface area (Å²) in [5.41, 5.74) is 5.49. The fraction of sp³-hybridized carbons (Fsp3) is 0.333. The highest BCUT2D eigenvalue weighted by Crippen LogP contribution is 2.31. The SMILES string of the molecule is CCN(CC)c1ccc2cc(/C=C/c3cc(N4CCN(C)CC4)c4cc(F)c(NCc5cn(CCc6cccs6)nn5)cc4[n+]3C)c(=O)oc2c1. The summed E-state index contributed by atoms with van der Waals surface area (Å²) in [5, 5.41) is 15.6. The molecule has 0 atom stereocenters. The van der Waals surface area contributed by atoms with Crippen LogP contribution in [0.25, 0.3) is 34.0 Å². The van der Waals surface area contributed by atoms with Crippen molar-refractivity contribution < 1.29 is 13.4 Å². The molecule has 0 aliphatic carbocycles. The Labute approximate surface area is 301 Å². The Morgan fingerprint density at radius 2 is 1.88 bits per heavy atom. The number of nitrogens with one attached hydrogen (secondary N) is 1. The number of thiophene rings is 1. The number of piperazine rings is 1. The van der Waals surface area contributed by atoms with Crippen molar-refractivity contribution in [3.8, 4) is 0 Å². The van der Waals surface area contributed by atoms with Crippen LogP contribution in [0.3, 0.4) is 0 Å². The number of anilines is 3. The van der Waals surface area contributed by atoms with Crippen molar-refractivity contribution in [2.45, 2.75) is 33.4 Å². The Kier molecular flexibility index (Phi) is 10.1. The molecule has 0 bridgehead atoms. The Morgan fingerprint density at radius 3 is 2.65 bits per heavy atom. The number of aryl methyl sites for hydroxylation is 3. The first kappa shape index (κ1) is 34.4. The Balaban J connectivity index is 1.19. The third-order valence-electron chi connectivity index (χ3n) is 9.76. The molecule has 0 saturated carbocycles. The first-order valence-corrected chi connectivity index (χ1v) is 18.4. The van der Waals surface area contributed by atoms with Gasteiger partial charge in [-0.1, -0.05) is 11.3 Å². The highest BCUT2D eigenvalue weighted by Gasteiger charge is 2.24. The van der Waals surface area contributed by atoms with E-state index in [2.05, 4.69) is 74.8 Å². The summed E-state index contributed by atoms with van der Waals surface area (Å²) in [4.78, 5) is 21.3. The summed E-state index contributed by atoms with van der Waals surface area (Å²) < 4.78 is 25.5. The van der Waals surface area contributed by atoms with E-state index in [0.717, 1.165) is 91.3 Å². The number of pyridine rings is 1. The topological polar surface area (TPSA) is 86.5 Å². The highest BCUT2D eigenvalue weighted by atomic mass is 32.1. The summed E-state index contributed by atoms with van der Waals surface area (Å²) in [6.45, 7) is 10.5. The number of aromatic nitrogens is 4. The number of likely N-dealkylation sites (N-methyl/N-ethyl adjacent to an activating group) is 1. The van der Waals surface area contributed by atoms with Crippen LogP contribution in [0.4, 0.5) is 21.5 Å². The van der Waals surface area contributed by atoms with E-state index in [4.69, 9.17) is 4.42 Å². The molecule has 1 fully saturated rings. The molecule has 0 radical (unpaired) electrons. The van der Waals surface area contributed by atoms with Crippen molar-refractivity contribution in [3.05, 3.63) is 104 Å². The minimum absolute atomic E-state index is 0.329. The minimum Gasteiger partial charge on any atom is -0.422 e.